The van der Waals surface area contributed by atoms with E-state index in [0.717, 1.165) is 6.42 Å². The molecule has 2 N–H and O–H groups in total. The number of rotatable bonds is 4. The van der Waals surface area contributed by atoms with Crippen molar-refractivity contribution in [3.05, 3.63) is 5.73 Å². The van der Waals surface area contributed by atoms with E-state index in [1.54, 1.807) is 0 Å². The molecular formula is C7H14KNO2. The largest absolute Gasteiger partial charge is 1.00 e. The van der Waals surface area contributed by atoms with Gasteiger partial charge in [-0.1, -0.05) is 26.2 Å². The van der Waals surface area contributed by atoms with Crippen LogP contribution in [0, 0.1) is 5.92 Å². The zero-order valence-corrected chi connectivity index (χ0v) is 10.5. The van der Waals surface area contributed by atoms with Gasteiger partial charge in [0, 0.05) is 6.42 Å². The number of nitrogens with one attached hydrogen (secondary N) is 1. The van der Waals surface area contributed by atoms with Crippen LogP contribution in [0.2, 0.25) is 0 Å². The van der Waals surface area contributed by atoms with E-state index in [-0.39, 0.29) is 63.7 Å². The zero-order chi connectivity index (χ0) is 8.15. The van der Waals surface area contributed by atoms with Gasteiger partial charge >= 0.3 is 57.4 Å². The Morgan fingerprint density at radius 3 is 2.36 bits per heavy atom. The molecule has 4 heteroatoms. The fourth-order valence-electron chi connectivity index (χ4n) is 0.674. The minimum absolute atomic E-state index is 0. The summed E-state index contributed by atoms with van der Waals surface area (Å²) in [7, 11) is 0. The molecule has 0 aliphatic carbocycles. The van der Waals surface area contributed by atoms with Gasteiger partial charge < -0.3 is 10.8 Å². The quantitative estimate of drug-likeness (QED) is 0.564. The summed E-state index contributed by atoms with van der Waals surface area (Å²) < 4.78 is 0. The minimum Gasteiger partial charge on any atom is -0.674 e. The van der Waals surface area contributed by atoms with E-state index in [1.165, 1.54) is 0 Å². The summed E-state index contributed by atoms with van der Waals surface area (Å²) in [5.74, 6) is -0.684. The molecule has 0 fully saturated rings. The number of carboxylic acid groups (broad SMARTS) is 1. The SMILES string of the molecule is CCC(C)C([NH-])CC(=O)O.[K+]. The Kier molecular flexibility index (Phi) is 10.2. The van der Waals surface area contributed by atoms with Gasteiger partial charge in [0.1, 0.15) is 0 Å². The number of hydrogen-bond acceptors (Lipinski definition) is 1. The predicted octanol–water partition coefficient (Wildman–Crippen LogP) is -1.07. The fraction of sp³-hybridized carbons (Fsp3) is 0.857. The van der Waals surface area contributed by atoms with Crippen LogP contribution >= 0.6 is 0 Å². The minimum atomic E-state index is -0.875. The summed E-state index contributed by atoms with van der Waals surface area (Å²) in [5.41, 5.74) is 7.33. The summed E-state index contributed by atoms with van der Waals surface area (Å²) in [6.07, 6.45) is 0.844. The molecule has 0 amide bonds. The number of carboxylic acids is 1. The van der Waals surface area contributed by atoms with Crippen LogP contribution in [0.4, 0.5) is 0 Å². The molecule has 0 aliphatic rings. The van der Waals surface area contributed by atoms with Gasteiger partial charge in [0.15, 0.2) is 0 Å². The summed E-state index contributed by atoms with van der Waals surface area (Å²) >= 11 is 0. The van der Waals surface area contributed by atoms with Crippen molar-refractivity contribution in [3.63, 3.8) is 0 Å². The molecule has 0 saturated carbocycles. The summed E-state index contributed by atoms with van der Waals surface area (Å²) in [5, 5.41) is 8.31. The molecule has 0 bridgehead atoms. The van der Waals surface area contributed by atoms with Crippen LogP contribution in [-0.4, -0.2) is 17.1 Å². The molecule has 0 aliphatic heterocycles. The van der Waals surface area contributed by atoms with Crippen molar-refractivity contribution in [1.82, 2.24) is 0 Å². The standard InChI is InChI=1S/C7H14NO2.K/c1-3-5(2)6(8)4-7(9)10;/h5-6,8H,3-4H2,1-2H3,(H,9,10);/q-1;+1. The van der Waals surface area contributed by atoms with E-state index in [4.69, 9.17) is 10.8 Å². The molecule has 11 heavy (non-hydrogen) atoms. The number of aliphatic carboxylic acids is 1. The van der Waals surface area contributed by atoms with Crippen LogP contribution < -0.4 is 51.4 Å². The van der Waals surface area contributed by atoms with Gasteiger partial charge in [-0.25, -0.2) is 0 Å². The van der Waals surface area contributed by atoms with Crippen molar-refractivity contribution in [1.29, 1.82) is 0 Å². The van der Waals surface area contributed by atoms with Crippen molar-refractivity contribution in [2.45, 2.75) is 32.7 Å². The average molecular weight is 183 g/mol. The van der Waals surface area contributed by atoms with Gasteiger partial charge in [0.25, 0.3) is 0 Å². The molecule has 0 radical (unpaired) electrons. The van der Waals surface area contributed by atoms with Crippen molar-refractivity contribution in [2.75, 3.05) is 0 Å². The topological polar surface area (TPSA) is 61.1 Å². The van der Waals surface area contributed by atoms with Crippen LogP contribution in [0.25, 0.3) is 5.73 Å². The van der Waals surface area contributed by atoms with Gasteiger partial charge in [0.05, 0.1) is 0 Å². The van der Waals surface area contributed by atoms with Gasteiger partial charge in [-0.15, -0.1) is 6.04 Å². The molecule has 0 rings (SSSR count). The Bertz CT molecular complexity index is 119. The third kappa shape index (κ3) is 7.43. The average Bonchev–Trinajstić information content (AvgIpc) is 1.85. The number of carbonyl (C=O) groups is 1. The van der Waals surface area contributed by atoms with Crippen molar-refractivity contribution >= 4 is 5.97 Å². The maximum atomic E-state index is 10.1. The van der Waals surface area contributed by atoms with Crippen LogP contribution in [-0.2, 0) is 4.79 Å². The Hall–Kier alpha value is 1.07. The van der Waals surface area contributed by atoms with Crippen LogP contribution in [0.15, 0.2) is 0 Å². The van der Waals surface area contributed by atoms with Gasteiger partial charge in [-0.3, -0.25) is 4.79 Å². The molecule has 0 saturated heterocycles. The first-order chi connectivity index (χ1) is 4.57. The second kappa shape index (κ2) is 7.70. The molecule has 0 aromatic rings. The van der Waals surface area contributed by atoms with Crippen LogP contribution in [0.1, 0.15) is 26.7 Å². The monoisotopic (exact) mass is 183 g/mol. The van der Waals surface area contributed by atoms with E-state index in [2.05, 4.69) is 0 Å². The predicted molar refractivity (Wildman–Crippen MR) is 39.8 cm³/mol. The Labute approximate surface area is 110 Å². The summed E-state index contributed by atoms with van der Waals surface area (Å²) in [6, 6.07) is -0.442. The van der Waals surface area contributed by atoms with Gasteiger partial charge in [0.2, 0.25) is 0 Å². The van der Waals surface area contributed by atoms with E-state index in [1.807, 2.05) is 13.8 Å². The van der Waals surface area contributed by atoms with Crippen molar-refractivity contribution < 1.29 is 61.3 Å². The third-order valence-electron chi connectivity index (χ3n) is 1.73. The molecule has 0 aromatic carbocycles. The number of hydrogen-bond donors (Lipinski definition) is 1. The molecule has 60 valence electrons. The van der Waals surface area contributed by atoms with E-state index >= 15 is 0 Å². The van der Waals surface area contributed by atoms with Crippen molar-refractivity contribution in [2.24, 2.45) is 5.92 Å². The van der Waals surface area contributed by atoms with E-state index in [9.17, 15) is 4.79 Å². The first-order valence-electron chi connectivity index (χ1n) is 3.50. The Morgan fingerprint density at radius 1 is 1.64 bits per heavy atom. The smallest absolute Gasteiger partial charge is 0.674 e. The third-order valence-corrected chi connectivity index (χ3v) is 1.73. The fourth-order valence-corrected chi connectivity index (χ4v) is 0.674. The molecular weight excluding hydrogens is 169 g/mol. The molecule has 0 spiro atoms. The maximum Gasteiger partial charge on any atom is 1.00 e. The van der Waals surface area contributed by atoms with Crippen molar-refractivity contribution in [3.8, 4) is 0 Å². The van der Waals surface area contributed by atoms with Gasteiger partial charge in [-0.2, -0.15) is 0 Å². The Morgan fingerprint density at radius 2 is 2.09 bits per heavy atom. The zero-order valence-electron chi connectivity index (χ0n) is 7.42. The van der Waals surface area contributed by atoms with Gasteiger partial charge in [-0.05, 0) is 0 Å². The first-order valence-corrected chi connectivity index (χ1v) is 3.50. The normalized spacial score (nSPS) is 14.8. The summed E-state index contributed by atoms with van der Waals surface area (Å²) in [4.78, 5) is 10.1. The second-order valence-corrected chi connectivity index (χ2v) is 2.59. The van der Waals surface area contributed by atoms with E-state index < -0.39 is 12.0 Å². The molecule has 2 unspecified atom stereocenters. The first kappa shape index (κ1) is 14.6. The summed E-state index contributed by atoms with van der Waals surface area (Å²) in [6.45, 7) is 3.87. The second-order valence-electron chi connectivity index (χ2n) is 2.59. The molecule has 3 nitrogen and oxygen atoms in total. The molecule has 0 heterocycles. The van der Waals surface area contributed by atoms with Crippen LogP contribution in [0.5, 0.6) is 0 Å². The molecule has 0 aromatic heterocycles. The van der Waals surface area contributed by atoms with Crippen LogP contribution in [0.3, 0.4) is 0 Å². The maximum absolute atomic E-state index is 10.1. The Balaban J connectivity index is 0. The molecule has 2 atom stereocenters. The van der Waals surface area contributed by atoms with E-state index in [0.29, 0.717) is 0 Å².